The average Bonchev–Trinajstić information content (AvgIpc) is 2.65. The van der Waals surface area contributed by atoms with E-state index in [4.69, 9.17) is 9.47 Å². The van der Waals surface area contributed by atoms with Crippen LogP contribution in [-0.2, 0) is 15.0 Å². The summed E-state index contributed by atoms with van der Waals surface area (Å²) in [4.78, 5) is 22.8. The lowest BCUT2D eigenvalue weighted by atomic mass is 9.66. The van der Waals surface area contributed by atoms with Gasteiger partial charge in [-0.05, 0) is 61.1 Å². The summed E-state index contributed by atoms with van der Waals surface area (Å²) in [6, 6.07) is 12.4. The molecule has 0 atom stereocenters. The van der Waals surface area contributed by atoms with Crippen molar-refractivity contribution in [2.24, 2.45) is 0 Å². The van der Waals surface area contributed by atoms with E-state index < -0.39 is 0 Å². The normalized spacial score (nSPS) is 16.3. The summed E-state index contributed by atoms with van der Waals surface area (Å²) in [5.74, 6) is 0.633. The van der Waals surface area contributed by atoms with E-state index in [9.17, 15) is 9.59 Å². The third-order valence-corrected chi connectivity index (χ3v) is 6.17. The molecule has 30 heavy (non-hydrogen) atoms. The highest BCUT2D eigenvalue weighted by molar-refractivity contribution is 5.70. The number of rotatable bonds is 4. The van der Waals surface area contributed by atoms with Crippen LogP contribution in [0.15, 0.2) is 36.4 Å². The summed E-state index contributed by atoms with van der Waals surface area (Å²) in [6.07, 6.45) is 8.29. The third kappa shape index (κ3) is 4.92. The first-order valence-corrected chi connectivity index (χ1v) is 10.9. The van der Waals surface area contributed by atoms with Gasteiger partial charge >= 0.3 is 11.9 Å². The highest BCUT2D eigenvalue weighted by atomic mass is 16.5. The molecule has 0 aliphatic heterocycles. The highest BCUT2D eigenvalue weighted by Crippen LogP contribution is 2.45. The zero-order chi connectivity index (χ0) is 21.7. The van der Waals surface area contributed by atoms with E-state index in [0.29, 0.717) is 11.5 Å². The van der Waals surface area contributed by atoms with Gasteiger partial charge in [0.15, 0.2) is 0 Å². The molecule has 0 saturated heterocycles. The van der Waals surface area contributed by atoms with E-state index >= 15 is 0 Å². The molecule has 2 aromatic carbocycles. The molecule has 0 N–H and O–H groups in total. The smallest absolute Gasteiger partial charge is 0.308 e. The summed E-state index contributed by atoms with van der Waals surface area (Å²) in [5, 5.41) is 0. The van der Waals surface area contributed by atoms with E-state index in [1.807, 2.05) is 26.0 Å². The van der Waals surface area contributed by atoms with Gasteiger partial charge in [-0.25, -0.2) is 0 Å². The van der Waals surface area contributed by atoms with Gasteiger partial charge in [0.25, 0.3) is 0 Å². The molecule has 2 aromatic rings. The molecule has 4 nitrogen and oxygen atoms in total. The Morgan fingerprint density at radius 1 is 0.700 bits per heavy atom. The Morgan fingerprint density at radius 2 is 1.10 bits per heavy atom. The highest BCUT2D eigenvalue weighted by Gasteiger charge is 2.35. The Balaban J connectivity index is 2.08. The van der Waals surface area contributed by atoms with E-state index in [0.717, 1.165) is 24.0 Å². The number of carbonyl (C=O) groups excluding carboxylic acids is 2. The first kappa shape index (κ1) is 22.1. The number of ether oxygens (including phenoxy) is 2. The SMILES string of the molecule is CC(=O)Oc1ccc(C2(c3ccc(OC(C)=O)c(C)c3)CCCCCCC2)cc1C. The third-order valence-electron chi connectivity index (χ3n) is 6.17. The van der Waals surface area contributed by atoms with Gasteiger partial charge in [-0.2, -0.15) is 0 Å². The van der Waals surface area contributed by atoms with E-state index in [2.05, 4.69) is 24.3 Å². The van der Waals surface area contributed by atoms with Crippen LogP contribution in [-0.4, -0.2) is 11.9 Å². The second kappa shape index (κ2) is 9.46. The Kier molecular flexibility index (Phi) is 6.96. The molecule has 0 amide bonds. The van der Waals surface area contributed by atoms with Gasteiger partial charge in [0.2, 0.25) is 0 Å². The van der Waals surface area contributed by atoms with E-state index in [1.165, 1.54) is 57.1 Å². The summed E-state index contributed by atoms with van der Waals surface area (Å²) >= 11 is 0. The zero-order valence-corrected chi connectivity index (χ0v) is 18.5. The molecule has 0 heterocycles. The van der Waals surface area contributed by atoms with Crippen molar-refractivity contribution in [3.05, 3.63) is 58.7 Å². The van der Waals surface area contributed by atoms with Crippen molar-refractivity contribution >= 4 is 11.9 Å². The average molecular weight is 409 g/mol. The number of esters is 2. The fourth-order valence-corrected chi connectivity index (χ4v) is 4.69. The maximum Gasteiger partial charge on any atom is 0.308 e. The quantitative estimate of drug-likeness (QED) is 0.447. The molecule has 0 bridgehead atoms. The number of aryl methyl sites for hydroxylation is 2. The minimum atomic E-state index is -0.303. The van der Waals surface area contributed by atoms with Crippen molar-refractivity contribution in [2.45, 2.75) is 78.1 Å². The maximum atomic E-state index is 11.4. The van der Waals surface area contributed by atoms with Crippen LogP contribution in [0.25, 0.3) is 0 Å². The molecule has 1 fully saturated rings. The molecule has 0 spiro atoms. The monoisotopic (exact) mass is 408 g/mol. The van der Waals surface area contributed by atoms with Crippen LogP contribution in [0.5, 0.6) is 11.5 Å². The van der Waals surface area contributed by atoms with Crippen LogP contribution >= 0.6 is 0 Å². The summed E-state index contributed by atoms with van der Waals surface area (Å²) < 4.78 is 10.7. The number of hydrogen-bond donors (Lipinski definition) is 0. The molecule has 160 valence electrons. The molecule has 0 aromatic heterocycles. The molecule has 0 radical (unpaired) electrons. The lowest BCUT2D eigenvalue weighted by molar-refractivity contribution is -0.132. The molecule has 4 heteroatoms. The molecular weight excluding hydrogens is 376 g/mol. The summed E-state index contributed by atoms with van der Waals surface area (Å²) in [5.41, 5.74) is 4.36. The minimum Gasteiger partial charge on any atom is -0.426 e. The number of benzene rings is 2. The Morgan fingerprint density at radius 3 is 1.47 bits per heavy atom. The Labute approximate surface area is 179 Å². The van der Waals surface area contributed by atoms with Gasteiger partial charge < -0.3 is 9.47 Å². The van der Waals surface area contributed by atoms with Crippen molar-refractivity contribution < 1.29 is 19.1 Å². The fraction of sp³-hybridized carbons (Fsp3) is 0.462. The standard InChI is InChI=1S/C26H32O4/c1-18-16-22(10-12-24(18)29-20(3)27)26(14-8-6-5-7-9-15-26)23-11-13-25(19(2)17-23)30-21(4)28/h10-13,16-17H,5-9,14-15H2,1-4H3. The van der Waals surface area contributed by atoms with E-state index in [1.54, 1.807) is 0 Å². The van der Waals surface area contributed by atoms with Crippen LogP contribution < -0.4 is 9.47 Å². The molecule has 3 rings (SSSR count). The van der Waals surface area contributed by atoms with Crippen molar-refractivity contribution in [3.8, 4) is 11.5 Å². The molecular formula is C26H32O4. The van der Waals surface area contributed by atoms with Gasteiger partial charge in [0, 0.05) is 19.3 Å². The van der Waals surface area contributed by atoms with Crippen LogP contribution in [0.2, 0.25) is 0 Å². The summed E-state index contributed by atoms with van der Waals surface area (Å²) in [7, 11) is 0. The van der Waals surface area contributed by atoms with Crippen molar-refractivity contribution in [1.82, 2.24) is 0 Å². The second-order valence-electron chi connectivity index (χ2n) is 8.50. The van der Waals surface area contributed by atoms with Crippen LogP contribution in [0.4, 0.5) is 0 Å². The molecule has 1 saturated carbocycles. The zero-order valence-electron chi connectivity index (χ0n) is 18.5. The maximum absolute atomic E-state index is 11.4. The predicted molar refractivity (Wildman–Crippen MR) is 118 cm³/mol. The van der Waals surface area contributed by atoms with Gasteiger partial charge in [0.1, 0.15) is 11.5 Å². The van der Waals surface area contributed by atoms with Crippen LogP contribution in [0.1, 0.15) is 81.0 Å². The first-order chi connectivity index (χ1) is 14.3. The Bertz CT molecular complexity index is 853. The van der Waals surface area contributed by atoms with Crippen LogP contribution in [0.3, 0.4) is 0 Å². The lowest BCUT2D eigenvalue weighted by Gasteiger charge is -2.37. The minimum absolute atomic E-state index is 0.0978. The van der Waals surface area contributed by atoms with Crippen LogP contribution in [0, 0.1) is 13.8 Å². The number of hydrogen-bond acceptors (Lipinski definition) is 4. The molecule has 0 unspecified atom stereocenters. The van der Waals surface area contributed by atoms with Crippen molar-refractivity contribution in [1.29, 1.82) is 0 Å². The van der Waals surface area contributed by atoms with E-state index in [-0.39, 0.29) is 17.4 Å². The molecule has 1 aliphatic carbocycles. The first-order valence-electron chi connectivity index (χ1n) is 10.9. The summed E-state index contributed by atoms with van der Waals surface area (Å²) in [6.45, 7) is 6.84. The van der Waals surface area contributed by atoms with Crippen molar-refractivity contribution in [2.75, 3.05) is 0 Å². The van der Waals surface area contributed by atoms with Gasteiger partial charge in [-0.1, -0.05) is 56.4 Å². The fourth-order valence-electron chi connectivity index (χ4n) is 4.69. The topological polar surface area (TPSA) is 52.6 Å². The van der Waals surface area contributed by atoms with Gasteiger partial charge in [-0.3, -0.25) is 9.59 Å². The second-order valence-corrected chi connectivity index (χ2v) is 8.50. The van der Waals surface area contributed by atoms with Gasteiger partial charge in [-0.15, -0.1) is 0 Å². The Hall–Kier alpha value is -2.62. The van der Waals surface area contributed by atoms with Crippen molar-refractivity contribution in [3.63, 3.8) is 0 Å². The van der Waals surface area contributed by atoms with Gasteiger partial charge in [0.05, 0.1) is 0 Å². The number of carbonyl (C=O) groups is 2. The predicted octanol–water partition coefficient (Wildman–Crippen LogP) is 6.18. The molecule has 1 aliphatic rings. The largest absolute Gasteiger partial charge is 0.426 e. The lowest BCUT2D eigenvalue weighted by Crippen LogP contribution is -2.29.